The number of unbranched alkanes of at least 4 members (excludes halogenated alkanes) is 1. The lowest BCUT2D eigenvalue weighted by molar-refractivity contribution is -0.601. The summed E-state index contributed by atoms with van der Waals surface area (Å²) < 4.78 is 9.51. The van der Waals surface area contributed by atoms with Crippen LogP contribution in [0.25, 0.3) is 0 Å². The molecule has 1 rings (SSSR count). The lowest BCUT2D eigenvalue weighted by atomic mass is 9.98. The summed E-state index contributed by atoms with van der Waals surface area (Å²) in [6.45, 7) is 2.16. The molecular weight excluding hydrogens is 272 g/mol. The summed E-state index contributed by atoms with van der Waals surface area (Å²) in [5.41, 5.74) is 0. The first-order valence-electron chi connectivity index (χ1n) is 6.77. The highest BCUT2D eigenvalue weighted by molar-refractivity contribution is 5.59. The van der Waals surface area contributed by atoms with E-state index in [-0.39, 0.29) is 12.7 Å². The second kappa shape index (κ2) is 10.3. The summed E-state index contributed by atoms with van der Waals surface area (Å²) in [6.07, 6.45) is 4.07. The molecule has 1 aliphatic carbocycles. The van der Waals surface area contributed by atoms with E-state index >= 15 is 0 Å². The quantitative estimate of drug-likeness (QED) is 0.306. The van der Waals surface area contributed by atoms with Crippen LogP contribution in [0.5, 0.6) is 0 Å². The molecule has 0 N–H and O–H groups in total. The van der Waals surface area contributed by atoms with Crippen molar-refractivity contribution in [2.45, 2.75) is 58.0 Å². The molecule has 0 atom stereocenters. The number of carbonyl (C=O) groups is 2. The van der Waals surface area contributed by atoms with Crippen LogP contribution in [0.2, 0.25) is 0 Å². The highest BCUT2D eigenvalue weighted by Crippen LogP contribution is 2.20. The minimum atomic E-state index is -1.08. The van der Waals surface area contributed by atoms with E-state index in [4.69, 9.17) is 4.74 Å². The first-order chi connectivity index (χ1) is 9.72. The zero-order valence-electron chi connectivity index (χ0n) is 11.5. The molecule has 0 radical (unpaired) electrons. The highest BCUT2D eigenvalue weighted by atomic mass is 17.7. The molecule has 0 saturated heterocycles. The van der Waals surface area contributed by atoms with Crippen molar-refractivity contribution in [2.75, 3.05) is 6.61 Å². The minimum Gasteiger partial charge on any atom is -0.432 e. The first-order valence-corrected chi connectivity index (χ1v) is 6.77. The second-order valence-electron chi connectivity index (χ2n) is 4.38. The van der Waals surface area contributed by atoms with Gasteiger partial charge in [-0.2, -0.15) is 0 Å². The van der Waals surface area contributed by atoms with E-state index in [2.05, 4.69) is 24.6 Å². The van der Waals surface area contributed by atoms with E-state index in [0.717, 1.165) is 38.5 Å². The van der Waals surface area contributed by atoms with Crippen LogP contribution < -0.4 is 0 Å². The van der Waals surface area contributed by atoms with Gasteiger partial charge in [0.2, 0.25) is 0 Å². The standard InChI is InChI=1S/C12H20O8/c1-2-3-9-15-11(13)17-19-20-18-12(14)16-10-7-5-4-6-8-10/h10H,2-9H2,1H3. The average Bonchev–Trinajstić information content (AvgIpc) is 2.45. The lowest BCUT2D eigenvalue weighted by Crippen LogP contribution is -2.22. The van der Waals surface area contributed by atoms with Gasteiger partial charge in [-0.25, -0.2) is 19.4 Å². The molecule has 0 spiro atoms. The Labute approximate surface area is 117 Å². The largest absolute Gasteiger partial charge is 0.543 e. The van der Waals surface area contributed by atoms with Crippen LogP contribution in [0, 0.1) is 0 Å². The van der Waals surface area contributed by atoms with Crippen LogP contribution >= 0.6 is 0 Å². The van der Waals surface area contributed by atoms with Crippen molar-refractivity contribution in [1.29, 1.82) is 0 Å². The normalized spacial score (nSPS) is 15.4. The summed E-state index contributed by atoms with van der Waals surface area (Å²) in [5.74, 6) is 0. The maximum absolute atomic E-state index is 11.1. The van der Waals surface area contributed by atoms with Crippen molar-refractivity contribution in [1.82, 2.24) is 0 Å². The fraction of sp³-hybridized carbons (Fsp3) is 0.833. The van der Waals surface area contributed by atoms with Gasteiger partial charge >= 0.3 is 12.3 Å². The van der Waals surface area contributed by atoms with Gasteiger partial charge in [0.15, 0.2) is 0 Å². The number of carbonyl (C=O) groups excluding carboxylic acids is 2. The number of hydrogen-bond acceptors (Lipinski definition) is 8. The van der Waals surface area contributed by atoms with Gasteiger partial charge in [-0.15, -0.1) is 0 Å². The minimum absolute atomic E-state index is 0.167. The SMILES string of the molecule is CCCCOC(=O)OOOOC(=O)OC1CCCCC1. The maximum Gasteiger partial charge on any atom is 0.543 e. The van der Waals surface area contributed by atoms with Gasteiger partial charge in [-0.05, 0) is 32.1 Å². The Hall–Kier alpha value is -1.54. The number of rotatable bonds is 7. The van der Waals surface area contributed by atoms with Crippen molar-refractivity contribution in [3.8, 4) is 0 Å². The predicted octanol–water partition coefficient (Wildman–Crippen LogP) is 3.20. The third kappa shape index (κ3) is 7.80. The van der Waals surface area contributed by atoms with Gasteiger partial charge < -0.3 is 9.47 Å². The van der Waals surface area contributed by atoms with Gasteiger partial charge in [0.25, 0.3) is 0 Å². The van der Waals surface area contributed by atoms with Crippen molar-refractivity contribution in [3.63, 3.8) is 0 Å². The Bertz CT molecular complexity index is 287. The molecule has 0 unspecified atom stereocenters. The van der Waals surface area contributed by atoms with E-state index < -0.39 is 12.3 Å². The van der Waals surface area contributed by atoms with Crippen molar-refractivity contribution in [3.05, 3.63) is 0 Å². The fourth-order valence-electron chi connectivity index (χ4n) is 1.75. The molecule has 0 aromatic heterocycles. The Morgan fingerprint density at radius 3 is 2.30 bits per heavy atom. The molecule has 0 amide bonds. The van der Waals surface area contributed by atoms with Gasteiger partial charge in [0, 0.05) is 10.1 Å². The Morgan fingerprint density at radius 2 is 1.65 bits per heavy atom. The molecule has 0 aliphatic heterocycles. The number of hydrogen-bond donors (Lipinski definition) is 0. The topological polar surface area (TPSA) is 89.5 Å². The zero-order valence-corrected chi connectivity index (χ0v) is 11.5. The molecule has 1 fully saturated rings. The monoisotopic (exact) mass is 292 g/mol. The van der Waals surface area contributed by atoms with Crippen LogP contribution in [0.3, 0.4) is 0 Å². The summed E-state index contributed by atoms with van der Waals surface area (Å²) in [6, 6.07) is 0. The summed E-state index contributed by atoms with van der Waals surface area (Å²) in [7, 11) is 0. The molecule has 1 saturated carbocycles. The van der Waals surface area contributed by atoms with Crippen LogP contribution in [0.15, 0.2) is 0 Å². The van der Waals surface area contributed by atoms with Gasteiger partial charge in [0.1, 0.15) is 6.10 Å². The van der Waals surface area contributed by atoms with Gasteiger partial charge in [-0.3, -0.25) is 0 Å². The zero-order chi connectivity index (χ0) is 14.6. The Morgan fingerprint density at radius 1 is 1.00 bits per heavy atom. The van der Waals surface area contributed by atoms with Gasteiger partial charge in [-0.1, -0.05) is 19.8 Å². The van der Waals surface area contributed by atoms with Crippen LogP contribution in [0.4, 0.5) is 9.59 Å². The lowest BCUT2D eigenvalue weighted by Gasteiger charge is -2.20. The predicted molar refractivity (Wildman–Crippen MR) is 64.0 cm³/mol. The van der Waals surface area contributed by atoms with E-state index in [1.165, 1.54) is 0 Å². The van der Waals surface area contributed by atoms with E-state index in [1.807, 2.05) is 6.92 Å². The smallest absolute Gasteiger partial charge is 0.432 e. The maximum atomic E-state index is 11.1. The van der Waals surface area contributed by atoms with Crippen molar-refractivity contribution >= 4 is 12.3 Å². The molecular formula is C12H20O8. The molecule has 116 valence electrons. The molecule has 0 heterocycles. The molecule has 0 bridgehead atoms. The molecule has 1 aliphatic rings. The third-order valence-corrected chi connectivity index (χ3v) is 2.76. The first kappa shape index (κ1) is 16.5. The van der Waals surface area contributed by atoms with E-state index in [0.29, 0.717) is 6.42 Å². The summed E-state index contributed by atoms with van der Waals surface area (Å²) in [5, 5.41) is 7.80. The number of ether oxygens (including phenoxy) is 2. The van der Waals surface area contributed by atoms with E-state index in [1.54, 1.807) is 0 Å². The van der Waals surface area contributed by atoms with Crippen LogP contribution in [-0.4, -0.2) is 25.0 Å². The summed E-state index contributed by atoms with van der Waals surface area (Å²) in [4.78, 5) is 30.1. The average molecular weight is 292 g/mol. The van der Waals surface area contributed by atoms with Crippen LogP contribution in [0.1, 0.15) is 51.9 Å². The molecule has 0 aromatic rings. The fourth-order valence-corrected chi connectivity index (χ4v) is 1.75. The van der Waals surface area contributed by atoms with Gasteiger partial charge in [0.05, 0.1) is 6.61 Å². The molecule has 8 nitrogen and oxygen atoms in total. The second-order valence-corrected chi connectivity index (χ2v) is 4.38. The third-order valence-electron chi connectivity index (χ3n) is 2.76. The van der Waals surface area contributed by atoms with Crippen LogP contribution in [-0.2, 0) is 29.3 Å². The Kier molecular flexibility index (Phi) is 8.48. The molecule has 0 aromatic carbocycles. The summed E-state index contributed by atoms with van der Waals surface area (Å²) >= 11 is 0. The van der Waals surface area contributed by atoms with Crippen molar-refractivity contribution in [2.24, 2.45) is 0 Å². The highest BCUT2D eigenvalue weighted by Gasteiger charge is 2.19. The Balaban J connectivity index is 1.97. The molecule has 20 heavy (non-hydrogen) atoms. The van der Waals surface area contributed by atoms with E-state index in [9.17, 15) is 9.59 Å². The molecule has 8 heteroatoms. The van der Waals surface area contributed by atoms with Crippen molar-refractivity contribution < 1.29 is 38.9 Å².